The van der Waals surface area contributed by atoms with Crippen molar-refractivity contribution in [3.63, 3.8) is 0 Å². The van der Waals surface area contributed by atoms with Crippen molar-refractivity contribution in [3.05, 3.63) is 51.6 Å². The summed E-state index contributed by atoms with van der Waals surface area (Å²) < 4.78 is 1.35. The molecule has 0 saturated carbocycles. The first-order valence-electron chi connectivity index (χ1n) is 6.77. The van der Waals surface area contributed by atoms with Crippen LogP contribution in [0, 0.1) is 24.0 Å². The molecule has 2 heterocycles. The smallest absolute Gasteiger partial charge is 0.312 e. The van der Waals surface area contributed by atoms with E-state index in [1.165, 1.54) is 4.68 Å². The van der Waals surface area contributed by atoms with Gasteiger partial charge in [0.15, 0.2) is 0 Å². The van der Waals surface area contributed by atoms with Crippen LogP contribution < -0.4 is 5.32 Å². The third kappa shape index (κ3) is 3.27. The molecule has 1 unspecified atom stereocenters. The van der Waals surface area contributed by atoms with E-state index in [0.29, 0.717) is 11.4 Å². The molecule has 0 aliphatic carbocycles. The summed E-state index contributed by atoms with van der Waals surface area (Å²) >= 11 is 0. The van der Waals surface area contributed by atoms with Crippen LogP contribution in [0.2, 0.25) is 0 Å². The first kappa shape index (κ1) is 15.6. The van der Waals surface area contributed by atoms with E-state index < -0.39 is 4.92 Å². The number of amides is 1. The third-order valence-electron chi connectivity index (χ3n) is 3.40. The summed E-state index contributed by atoms with van der Waals surface area (Å²) in [6.45, 7) is 4.93. The zero-order chi connectivity index (χ0) is 16.3. The lowest BCUT2D eigenvalue weighted by molar-refractivity contribution is -0.386. The molecule has 0 spiro atoms. The predicted molar refractivity (Wildman–Crippen MR) is 79.2 cm³/mol. The highest BCUT2D eigenvalue weighted by Crippen LogP contribution is 2.21. The van der Waals surface area contributed by atoms with Crippen LogP contribution in [0.4, 0.5) is 5.69 Å². The van der Waals surface area contributed by atoms with Gasteiger partial charge < -0.3 is 5.32 Å². The van der Waals surface area contributed by atoms with Crippen LogP contribution in [0.1, 0.15) is 29.9 Å². The number of aromatic nitrogens is 3. The number of nitrogens with zero attached hydrogens (tertiary/aromatic N) is 4. The summed E-state index contributed by atoms with van der Waals surface area (Å²) in [5, 5.41) is 17.8. The van der Waals surface area contributed by atoms with Crippen molar-refractivity contribution in [2.75, 3.05) is 0 Å². The number of hydrogen-bond donors (Lipinski definition) is 1. The Morgan fingerprint density at radius 2 is 2.05 bits per heavy atom. The zero-order valence-corrected chi connectivity index (χ0v) is 12.6. The largest absolute Gasteiger partial charge is 0.348 e. The maximum Gasteiger partial charge on any atom is 0.312 e. The number of carbonyl (C=O) groups excluding carboxylic acids is 1. The molecule has 2 aromatic rings. The van der Waals surface area contributed by atoms with Crippen LogP contribution in [0.15, 0.2) is 24.5 Å². The summed E-state index contributed by atoms with van der Waals surface area (Å²) in [4.78, 5) is 26.5. The lowest BCUT2D eigenvalue weighted by atomic mass is 10.1. The molecule has 2 aromatic heterocycles. The standard InChI is InChI=1S/C14H17N5O3/c1-9(12-4-6-15-7-5-12)16-13(20)8-18-11(3)14(19(21)22)10(2)17-18/h4-7,9H,8H2,1-3H3,(H,16,20). The molecular weight excluding hydrogens is 286 g/mol. The lowest BCUT2D eigenvalue weighted by Crippen LogP contribution is -2.30. The van der Waals surface area contributed by atoms with Gasteiger partial charge in [0.25, 0.3) is 0 Å². The Labute approximate surface area is 127 Å². The van der Waals surface area contributed by atoms with E-state index in [0.717, 1.165) is 5.56 Å². The average Bonchev–Trinajstić information content (AvgIpc) is 2.74. The van der Waals surface area contributed by atoms with E-state index in [2.05, 4.69) is 15.4 Å². The molecular formula is C14H17N5O3. The van der Waals surface area contributed by atoms with Crippen molar-refractivity contribution in [3.8, 4) is 0 Å². The Bertz CT molecular complexity index is 696. The minimum atomic E-state index is -0.480. The van der Waals surface area contributed by atoms with Crippen LogP contribution >= 0.6 is 0 Å². The number of hydrogen-bond acceptors (Lipinski definition) is 5. The lowest BCUT2D eigenvalue weighted by Gasteiger charge is -2.14. The summed E-state index contributed by atoms with van der Waals surface area (Å²) in [5.41, 5.74) is 1.56. The van der Waals surface area contributed by atoms with E-state index in [1.807, 2.05) is 19.1 Å². The van der Waals surface area contributed by atoms with Crippen LogP contribution in [-0.2, 0) is 11.3 Å². The molecule has 0 radical (unpaired) electrons. The van der Waals surface area contributed by atoms with Gasteiger partial charge >= 0.3 is 5.69 Å². The molecule has 22 heavy (non-hydrogen) atoms. The van der Waals surface area contributed by atoms with Gasteiger partial charge in [0, 0.05) is 12.4 Å². The van der Waals surface area contributed by atoms with Gasteiger partial charge in [-0.05, 0) is 38.5 Å². The quantitative estimate of drug-likeness (QED) is 0.668. The fourth-order valence-corrected chi connectivity index (χ4v) is 2.26. The molecule has 0 aromatic carbocycles. The van der Waals surface area contributed by atoms with Gasteiger partial charge in [0.05, 0.1) is 11.0 Å². The summed E-state index contributed by atoms with van der Waals surface area (Å²) in [6.07, 6.45) is 3.31. The van der Waals surface area contributed by atoms with Crippen molar-refractivity contribution in [1.29, 1.82) is 0 Å². The molecule has 0 aliphatic heterocycles. The van der Waals surface area contributed by atoms with Crippen molar-refractivity contribution < 1.29 is 9.72 Å². The Morgan fingerprint density at radius 1 is 1.41 bits per heavy atom. The highest BCUT2D eigenvalue weighted by Gasteiger charge is 2.23. The van der Waals surface area contributed by atoms with E-state index in [4.69, 9.17) is 0 Å². The highest BCUT2D eigenvalue weighted by molar-refractivity contribution is 5.76. The molecule has 2 rings (SSSR count). The van der Waals surface area contributed by atoms with Crippen LogP contribution in [-0.4, -0.2) is 25.6 Å². The van der Waals surface area contributed by atoms with Crippen LogP contribution in [0.3, 0.4) is 0 Å². The first-order chi connectivity index (χ1) is 10.4. The highest BCUT2D eigenvalue weighted by atomic mass is 16.6. The Balaban J connectivity index is 2.07. The molecule has 1 atom stereocenters. The van der Waals surface area contributed by atoms with Gasteiger partial charge in [-0.3, -0.25) is 24.6 Å². The van der Waals surface area contributed by atoms with E-state index in [-0.39, 0.29) is 24.2 Å². The second-order valence-electron chi connectivity index (χ2n) is 5.00. The van der Waals surface area contributed by atoms with Gasteiger partial charge in [-0.2, -0.15) is 5.10 Å². The summed E-state index contributed by atoms with van der Waals surface area (Å²) in [5.74, 6) is -0.259. The molecule has 8 nitrogen and oxygen atoms in total. The van der Waals surface area contributed by atoms with Gasteiger partial charge in [-0.15, -0.1) is 0 Å². The Morgan fingerprint density at radius 3 is 2.59 bits per heavy atom. The number of nitro groups is 1. The second-order valence-corrected chi connectivity index (χ2v) is 5.00. The number of rotatable bonds is 5. The fraction of sp³-hybridized carbons (Fsp3) is 0.357. The fourth-order valence-electron chi connectivity index (χ4n) is 2.26. The number of aryl methyl sites for hydroxylation is 1. The Kier molecular flexibility index (Phi) is 4.50. The van der Waals surface area contributed by atoms with Crippen LogP contribution in [0.25, 0.3) is 0 Å². The number of carbonyl (C=O) groups is 1. The molecule has 1 amide bonds. The molecule has 8 heteroatoms. The minimum Gasteiger partial charge on any atom is -0.348 e. The molecule has 0 saturated heterocycles. The molecule has 116 valence electrons. The average molecular weight is 303 g/mol. The van der Waals surface area contributed by atoms with E-state index >= 15 is 0 Å². The number of pyridine rings is 1. The maximum absolute atomic E-state index is 12.1. The van der Waals surface area contributed by atoms with Crippen molar-refractivity contribution >= 4 is 11.6 Å². The van der Waals surface area contributed by atoms with Gasteiger partial charge in [0.1, 0.15) is 17.9 Å². The topological polar surface area (TPSA) is 103 Å². The summed E-state index contributed by atoms with van der Waals surface area (Å²) in [6, 6.07) is 3.46. The predicted octanol–water partition coefficient (Wildman–Crippen LogP) is 1.68. The summed E-state index contributed by atoms with van der Waals surface area (Å²) in [7, 11) is 0. The molecule has 1 N–H and O–H groups in total. The van der Waals surface area contributed by atoms with Crippen molar-refractivity contribution in [2.24, 2.45) is 0 Å². The van der Waals surface area contributed by atoms with Crippen molar-refractivity contribution in [2.45, 2.75) is 33.4 Å². The van der Waals surface area contributed by atoms with Gasteiger partial charge in [-0.25, -0.2) is 0 Å². The van der Waals surface area contributed by atoms with Crippen LogP contribution in [0.5, 0.6) is 0 Å². The normalized spacial score (nSPS) is 12.0. The Hall–Kier alpha value is -2.77. The first-order valence-corrected chi connectivity index (χ1v) is 6.77. The van der Waals surface area contributed by atoms with Crippen molar-refractivity contribution in [1.82, 2.24) is 20.1 Å². The van der Waals surface area contributed by atoms with Gasteiger partial charge in [0.2, 0.25) is 5.91 Å². The molecule has 0 aliphatic rings. The second kappa shape index (κ2) is 6.33. The van der Waals surface area contributed by atoms with Gasteiger partial charge in [-0.1, -0.05) is 0 Å². The van der Waals surface area contributed by atoms with E-state index in [9.17, 15) is 14.9 Å². The zero-order valence-electron chi connectivity index (χ0n) is 12.6. The van der Waals surface area contributed by atoms with E-state index in [1.54, 1.807) is 26.2 Å². The minimum absolute atomic E-state index is 0.0463. The number of nitrogens with one attached hydrogen (secondary N) is 1. The maximum atomic E-state index is 12.1. The third-order valence-corrected chi connectivity index (χ3v) is 3.40. The monoisotopic (exact) mass is 303 g/mol. The molecule has 0 bridgehead atoms. The SMILES string of the molecule is Cc1nn(CC(=O)NC(C)c2ccncc2)c(C)c1[N+](=O)[O-]. The molecule has 0 fully saturated rings.